The van der Waals surface area contributed by atoms with E-state index in [2.05, 4.69) is 5.32 Å². The van der Waals surface area contributed by atoms with Crippen molar-refractivity contribution in [2.75, 3.05) is 19.9 Å². The second kappa shape index (κ2) is 8.68. The maximum Gasteiger partial charge on any atom is 0.286 e. The minimum Gasteiger partial charge on any atom is -0.492 e. The molecule has 1 saturated heterocycles. The maximum absolute atomic E-state index is 12.7. The molecule has 2 aliphatic heterocycles. The fourth-order valence-electron chi connectivity index (χ4n) is 3.26. The summed E-state index contributed by atoms with van der Waals surface area (Å²) in [6.07, 6.45) is 0.453. The molecule has 0 saturated carbocycles. The first-order valence-corrected chi connectivity index (χ1v) is 10.4. The zero-order chi connectivity index (χ0) is 22.0. The van der Waals surface area contributed by atoms with Crippen LogP contribution in [-0.4, -0.2) is 53.0 Å². The highest BCUT2D eigenvalue weighted by Crippen LogP contribution is 2.26. The highest BCUT2D eigenvalue weighted by molar-refractivity contribution is 8.15. The molecule has 9 nitrogen and oxygen atoms in total. The number of carbonyl (C=O) groups excluding carboxylic acids is 4. The minimum atomic E-state index is -0.613. The standard InChI is InChI=1S/C21H19N3O6S/c22-18(25)13-3-6-16-15(10-13)20(27)24(11-30-16)7-8-29-14-4-1-12(2-5-14)9-17-19(26)23-21(28)31-17/h1-6,10,17H,7-9,11H2,(H2,22,25)(H,23,26,28). The van der Waals surface area contributed by atoms with Gasteiger partial charge in [0.2, 0.25) is 11.8 Å². The van der Waals surface area contributed by atoms with Gasteiger partial charge in [-0.3, -0.25) is 24.5 Å². The molecular formula is C21H19N3O6S. The third kappa shape index (κ3) is 4.64. The number of benzene rings is 2. The Labute approximate surface area is 181 Å². The Morgan fingerprint density at radius 1 is 1.19 bits per heavy atom. The number of thioether (sulfide) groups is 1. The van der Waals surface area contributed by atoms with E-state index in [1.54, 1.807) is 18.2 Å². The number of nitrogens with one attached hydrogen (secondary N) is 1. The number of carbonyl (C=O) groups is 4. The largest absolute Gasteiger partial charge is 0.492 e. The molecule has 1 fully saturated rings. The number of nitrogens with two attached hydrogens (primary N) is 1. The van der Waals surface area contributed by atoms with Crippen LogP contribution in [0, 0.1) is 0 Å². The first-order valence-electron chi connectivity index (χ1n) is 9.50. The summed E-state index contributed by atoms with van der Waals surface area (Å²) in [5, 5.41) is 1.54. The van der Waals surface area contributed by atoms with Crippen LogP contribution in [0.15, 0.2) is 42.5 Å². The smallest absolute Gasteiger partial charge is 0.286 e. The molecule has 2 aromatic carbocycles. The van der Waals surface area contributed by atoms with E-state index >= 15 is 0 Å². The van der Waals surface area contributed by atoms with Crippen molar-refractivity contribution in [2.45, 2.75) is 11.7 Å². The maximum atomic E-state index is 12.7. The van der Waals surface area contributed by atoms with Crippen molar-refractivity contribution in [3.63, 3.8) is 0 Å². The SMILES string of the molecule is NC(=O)c1ccc2c(c1)C(=O)N(CCOc1ccc(CC3SC(=O)NC3=O)cc1)CO2. The van der Waals surface area contributed by atoms with E-state index in [9.17, 15) is 19.2 Å². The van der Waals surface area contributed by atoms with Gasteiger partial charge in [-0.05, 0) is 42.3 Å². The predicted molar refractivity (Wildman–Crippen MR) is 112 cm³/mol. The van der Waals surface area contributed by atoms with Crippen molar-refractivity contribution in [2.24, 2.45) is 5.73 Å². The number of amides is 4. The van der Waals surface area contributed by atoms with Gasteiger partial charge < -0.3 is 20.1 Å². The molecule has 4 amide bonds. The summed E-state index contributed by atoms with van der Waals surface area (Å²) in [5.41, 5.74) is 6.73. The molecule has 0 aliphatic carbocycles. The Kier molecular flexibility index (Phi) is 5.81. The highest BCUT2D eigenvalue weighted by Gasteiger charge is 2.31. The normalized spacial score (nSPS) is 17.7. The second-order valence-corrected chi connectivity index (χ2v) is 8.17. The summed E-state index contributed by atoms with van der Waals surface area (Å²) in [5.74, 6) is -0.111. The molecule has 3 N–H and O–H groups in total. The lowest BCUT2D eigenvalue weighted by Gasteiger charge is -2.28. The van der Waals surface area contributed by atoms with Crippen molar-refractivity contribution in [3.8, 4) is 11.5 Å². The van der Waals surface area contributed by atoms with E-state index in [1.165, 1.54) is 17.0 Å². The summed E-state index contributed by atoms with van der Waals surface area (Å²) in [7, 11) is 0. The Morgan fingerprint density at radius 2 is 1.97 bits per heavy atom. The lowest BCUT2D eigenvalue weighted by atomic mass is 10.1. The molecular weight excluding hydrogens is 422 g/mol. The zero-order valence-electron chi connectivity index (χ0n) is 16.3. The van der Waals surface area contributed by atoms with Crippen molar-refractivity contribution >= 4 is 34.7 Å². The summed E-state index contributed by atoms with van der Waals surface area (Å²) in [4.78, 5) is 48.4. The number of rotatable bonds is 7. The van der Waals surface area contributed by atoms with Crippen LogP contribution in [0.3, 0.4) is 0 Å². The molecule has 160 valence electrons. The first-order chi connectivity index (χ1) is 14.9. The van der Waals surface area contributed by atoms with Gasteiger partial charge in [-0.15, -0.1) is 0 Å². The van der Waals surface area contributed by atoms with E-state index in [0.29, 0.717) is 30.0 Å². The van der Waals surface area contributed by atoms with Crippen molar-refractivity contribution in [3.05, 3.63) is 59.2 Å². The predicted octanol–water partition coefficient (Wildman–Crippen LogP) is 1.55. The number of hydrogen-bond acceptors (Lipinski definition) is 7. The molecule has 2 aliphatic rings. The molecule has 0 spiro atoms. The summed E-state index contributed by atoms with van der Waals surface area (Å²) in [6.45, 7) is 0.625. The fourth-order valence-corrected chi connectivity index (χ4v) is 4.12. The van der Waals surface area contributed by atoms with Gasteiger partial charge >= 0.3 is 0 Å². The van der Waals surface area contributed by atoms with E-state index in [4.69, 9.17) is 15.2 Å². The van der Waals surface area contributed by atoms with Crippen molar-refractivity contribution in [1.82, 2.24) is 10.2 Å². The van der Waals surface area contributed by atoms with Crippen molar-refractivity contribution < 1.29 is 28.7 Å². The average Bonchev–Trinajstić information content (AvgIpc) is 3.07. The van der Waals surface area contributed by atoms with E-state index < -0.39 is 11.2 Å². The first kappa shape index (κ1) is 20.7. The van der Waals surface area contributed by atoms with Gasteiger partial charge in [-0.2, -0.15) is 0 Å². The lowest BCUT2D eigenvalue weighted by molar-refractivity contribution is -0.118. The molecule has 0 bridgehead atoms. The third-order valence-corrected chi connectivity index (χ3v) is 5.88. The number of imide groups is 1. The number of primary amides is 1. The molecule has 4 rings (SSSR count). The quantitative estimate of drug-likeness (QED) is 0.667. The molecule has 10 heteroatoms. The summed E-state index contributed by atoms with van der Waals surface area (Å²) in [6, 6.07) is 11.7. The van der Waals surface area contributed by atoms with Crippen LogP contribution in [0.1, 0.15) is 26.3 Å². The average molecular weight is 441 g/mol. The molecule has 2 aromatic rings. The van der Waals surface area contributed by atoms with E-state index in [-0.39, 0.29) is 36.0 Å². The number of ether oxygens (including phenoxy) is 2. The second-order valence-electron chi connectivity index (χ2n) is 7.00. The van der Waals surface area contributed by atoms with Gasteiger partial charge in [0.1, 0.15) is 18.1 Å². The van der Waals surface area contributed by atoms with E-state index in [1.807, 2.05) is 12.1 Å². The fraction of sp³-hybridized carbons (Fsp3) is 0.238. The Morgan fingerprint density at radius 3 is 2.65 bits per heavy atom. The van der Waals surface area contributed by atoms with Crippen LogP contribution >= 0.6 is 11.8 Å². The number of fused-ring (bicyclic) bond motifs is 1. The van der Waals surface area contributed by atoms with Crippen LogP contribution in [0.2, 0.25) is 0 Å². The Hall–Kier alpha value is -3.53. The summed E-state index contributed by atoms with van der Waals surface area (Å²) >= 11 is 0.994. The van der Waals surface area contributed by atoms with Gasteiger partial charge in [0.25, 0.3) is 11.1 Å². The van der Waals surface area contributed by atoms with E-state index in [0.717, 1.165) is 17.3 Å². The van der Waals surface area contributed by atoms with Crippen LogP contribution < -0.4 is 20.5 Å². The minimum absolute atomic E-state index is 0.0872. The Balaban J connectivity index is 1.30. The number of nitrogens with zero attached hydrogens (tertiary/aromatic N) is 1. The summed E-state index contributed by atoms with van der Waals surface area (Å²) < 4.78 is 11.3. The van der Waals surface area contributed by atoms with Gasteiger partial charge in [-0.1, -0.05) is 23.9 Å². The Bertz CT molecular complexity index is 1060. The molecule has 31 heavy (non-hydrogen) atoms. The van der Waals surface area contributed by atoms with Gasteiger partial charge in [0.05, 0.1) is 17.4 Å². The highest BCUT2D eigenvalue weighted by atomic mass is 32.2. The van der Waals surface area contributed by atoms with Gasteiger partial charge in [-0.25, -0.2) is 0 Å². The van der Waals surface area contributed by atoms with Gasteiger partial charge in [0, 0.05) is 5.56 Å². The molecule has 0 aromatic heterocycles. The molecule has 2 heterocycles. The van der Waals surface area contributed by atoms with Crippen LogP contribution in [-0.2, 0) is 11.2 Å². The van der Waals surface area contributed by atoms with Crippen LogP contribution in [0.5, 0.6) is 11.5 Å². The van der Waals surface area contributed by atoms with Crippen molar-refractivity contribution in [1.29, 1.82) is 0 Å². The topological polar surface area (TPSA) is 128 Å². The third-order valence-electron chi connectivity index (χ3n) is 4.90. The lowest BCUT2D eigenvalue weighted by Crippen LogP contribution is -2.41. The molecule has 1 atom stereocenters. The van der Waals surface area contributed by atoms with Gasteiger partial charge in [0.15, 0.2) is 6.73 Å². The molecule has 0 radical (unpaired) electrons. The van der Waals surface area contributed by atoms with Crippen LogP contribution in [0.4, 0.5) is 4.79 Å². The number of hydrogen-bond donors (Lipinski definition) is 2. The monoisotopic (exact) mass is 441 g/mol. The van der Waals surface area contributed by atoms with Crippen LogP contribution in [0.25, 0.3) is 0 Å². The molecule has 1 unspecified atom stereocenters. The zero-order valence-corrected chi connectivity index (χ0v) is 17.1.